The van der Waals surface area contributed by atoms with Gasteiger partial charge < -0.3 is 11.1 Å². The third-order valence-corrected chi connectivity index (χ3v) is 3.52. The van der Waals surface area contributed by atoms with Gasteiger partial charge in [0.1, 0.15) is 0 Å². The Morgan fingerprint density at radius 3 is 2.60 bits per heavy atom. The number of hydrogen-bond donors (Lipinski definition) is 2. The normalized spacial score (nSPS) is 13.1. The van der Waals surface area contributed by atoms with Gasteiger partial charge in [-0.1, -0.05) is 29.3 Å². The van der Waals surface area contributed by atoms with E-state index in [0.29, 0.717) is 6.42 Å². The fourth-order valence-electron chi connectivity index (χ4n) is 1.77. The predicted molar refractivity (Wildman–Crippen MR) is 75.2 cm³/mol. The zero-order valence-corrected chi connectivity index (χ0v) is 12.5. The minimum absolute atomic E-state index is 0.0630. The van der Waals surface area contributed by atoms with Crippen LogP contribution in [-0.2, 0) is 11.0 Å². The molecule has 7 heteroatoms. The van der Waals surface area contributed by atoms with Crippen LogP contribution in [0.2, 0.25) is 0 Å². The second-order valence-electron chi connectivity index (χ2n) is 4.40. The second kappa shape index (κ2) is 7.08. The molecule has 0 spiro atoms. The Labute approximate surface area is 123 Å². The highest BCUT2D eigenvalue weighted by atomic mass is 79.9. The van der Waals surface area contributed by atoms with Crippen molar-refractivity contribution in [1.82, 2.24) is 0 Å². The molecule has 0 bridgehead atoms. The lowest BCUT2D eigenvalue weighted by molar-refractivity contribution is -0.138. The first-order chi connectivity index (χ1) is 9.29. The van der Waals surface area contributed by atoms with Crippen molar-refractivity contribution in [3.8, 4) is 0 Å². The van der Waals surface area contributed by atoms with Crippen molar-refractivity contribution in [3.05, 3.63) is 28.2 Å². The van der Waals surface area contributed by atoms with Crippen molar-refractivity contribution in [2.45, 2.75) is 25.9 Å². The fourth-order valence-corrected chi connectivity index (χ4v) is 2.24. The molecule has 0 aliphatic heterocycles. The summed E-state index contributed by atoms with van der Waals surface area (Å²) < 4.78 is 38.2. The van der Waals surface area contributed by atoms with Crippen LogP contribution in [-0.4, -0.2) is 12.5 Å². The maximum absolute atomic E-state index is 12.7. The smallest absolute Gasteiger partial charge is 0.330 e. The molecule has 1 aromatic rings. The summed E-state index contributed by atoms with van der Waals surface area (Å²) in [6.45, 7) is 2.08. The Hall–Kier alpha value is -1.08. The van der Waals surface area contributed by atoms with E-state index in [1.165, 1.54) is 12.1 Å². The van der Waals surface area contributed by atoms with Gasteiger partial charge >= 0.3 is 6.18 Å². The molecule has 1 rings (SSSR count). The molecule has 0 saturated carbocycles. The zero-order valence-electron chi connectivity index (χ0n) is 10.9. The number of carbonyl (C=O) groups is 1. The van der Waals surface area contributed by atoms with E-state index in [0.717, 1.165) is 12.5 Å². The van der Waals surface area contributed by atoms with E-state index in [1.807, 2.05) is 6.92 Å². The monoisotopic (exact) mass is 352 g/mol. The maximum Gasteiger partial charge on any atom is 0.417 e. The molecular weight excluding hydrogens is 337 g/mol. The van der Waals surface area contributed by atoms with Gasteiger partial charge in [0, 0.05) is 16.7 Å². The number of benzene rings is 1. The molecule has 1 atom stereocenters. The number of anilines is 1. The topological polar surface area (TPSA) is 55.1 Å². The standard InChI is InChI=1S/C13H16BrF3N2O/c1-2-3-8(7-18)12(20)19-9-4-5-11(14)10(6-9)13(15,16)17/h4-6,8H,2-3,7,18H2,1H3,(H,19,20). The van der Waals surface area contributed by atoms with Crippen molar-refractivity contribution in [1.29, 1.82) is 0 Å². The van der Waals surface area contributed by atoms with Crippen LogP contribution in [0.25, 0.3) is 0 Å². The molecule has 0 aliphatic carbocycles. The average molecular weight is 353 g/mol. The highest BCUT2D eigenvalue weighted by molar-refractivity contribution is 9.10. The molecule has 1 aromatic carbocycles. The molecule has 3 N–H and O–H groups in total. The van der Waals surface area contributed by atoms with Gasteiger partial charge in [-0.2, -0.15) is 13.2 Å². The summed E-state index contributed by atoms with van der Waals surface area (Å²) in [7, 11) is 0. The van der Waals surface area contributed by atoms with Crippen molar-refractivity contribution < 1.29 is 18.0 Å². The molecule has 0 heterocycles. The number of carbonyl (C=O) groups excluding carboxylic acids is 1. The Bertz CT molecular complexity index is 477. The van der Waals surface area contributed by atoms with Crippen LogP contribution in [0.3, 0.4) is 0 Å². The van der Waals surface area contributed by atoms with Crippen molar-refractivity contribution in [3.63, 3.8) is 0 Å². The molecule has 112 valence electrons. The summed E-state index contributed by atoms with van der Waals surface area (Å²) in [5.41, 5.74) is 4.78. The number of hydrogen-bond acceptors (Lipinski definition) is 2. The minimum atomic E-state index is -4.48. The fraction of sp³-hybridized carbons (Fsp3) is 0.462. The Balaban J connectivity index is 2.91. The lowest BCUT2D eigenvalue weighted by atomic mass is 10.0. The first kappa shape index (κ1) is 17.0. The van der Waals surface area contributed by atoms with Gasteiger partial charge in [0.25, 0.3) is 0 Å². The summed E-state index contributed by atoms with van der Waals surface area (Å²) in [4.78, 5) is 11.9. The zero-order chi connectivity index (χ0) is 15.3. The molecule has 0 radical (unpaired) electrons. The number of nitrogens with two attached hydrogens (primary N) is 1. The van der Waals surface area contributed by atoms with Gasteiger partial charge in [-0.05, 0) is 24.6 Å². The van der Waals surface area contributed by atoms with Crippen LogP contribution in [0, 0.1) is 5.92 Å². The molecule has 0 aromatic heterocycles. The highest BCUT2D eigenvalue weighted by Gasteiger charge is 2.33. The largest absolute Gasteiger partial charge is 0.417 e. The highest BCUT2D eigenvalue weighted by Crippen LogP contribution is 2.36. The van der Waals surface area contributed by atoms with Gasteiger partial charge in [0.2, 0.25) is 5.91 Å². The molecule has 3 nitrogen and oxygen atoms in total. The van der Waals surface area contributed by atoms with E-state index in [9.17, 15) is 18.0 Å². The molecule has 20 heavy (non-hydrogen) atoms. The average Bonchev–Trinajstić information content (AvgIpc) is 2.36. The second-order valence-corrected chi connectivity index (χ2v) is 5.26. The van der Waals surface area contributed by atoms with Crippen LogP contribution < -0.4 is 11.1 Å². The molecule has 0 saturated heterocycles. The molecule has 1 unspecified atom stereocenters. The van der Waals surface area contributed by atoms with Crippen LogP contribution in [0.5, 0.6) is 0 Å². The van der Waals surface area contributed by atoms with E-state index in [-0.39, 0.29) is 22.6 Å². The number of alkyl halides is 3. The Morgan fingerprint density at radius 2 is 2.10 bits per heavy atom. The Morgan fingerprint density at radius 1 is 1.45 bits per heavy atom. The van der Waals surface area contributed by atoms with E-state index in [2.05, 4.69) is 21.2 Å². The minimum Gasteiger partial charge on any atom is -0.330 e. The number of amides is 1. The van der Waals surface area contributed by atoms with Crippen molar-refractivity contribution >= 4 is 27.5 Å². The number of nitrogens with one attached hydrogen (secondary N) is 1. The van der Waals surface area contributed by atoms with E-state index in [4.69, 9.17) is 5.73 Å². The van der Waals surface area contributed by atoms with Gasteiger partial charge in [-0.25, -0.2) is 0 Å². The molecule has 1 amide bonds. The molecule has 0 aliphatic rings. The van der Waals surface area contributed by atoms with Crippen molar-refractivity contribution in [2.75, 3.05) is 11.9 Å². The van der Waals surface area contributed by atoms with E-state index < -0.39 is 17.7 Å². The van der Waals surface area contributed by atoms with Gasteiger partial charge in [-0.15, -0.1) is 0 Å². The SMILES string of the molecule is CCCC(CN)C(=O)Nc1ccc(Br)c(C(F)(F)F)c1. The predicted octanol–water partition coefficient (Wildman–Crippen LogP) is 3.78. The summed E-state index contributed by atoms with van der Waals surface area (Å²) in [5, 5.41) is 2.48. The van der Waals surface area contributed by atoms with Gasteiger partial charge in [0.05, 0.1) is 11.5 Å². The van der Waals surface area contributed by atoms with Crippen LogP contribution >= 0.6 is 15.9 Å². The van der Waals surface area contributed by atoms with Crippen LogP contribution in [0.15, 0.2) is 22.7 Å². The lowest BCUT2D eigenvalue weighted by Gasteiger charge is -2.15. The third kappa shape index (κ3) is 4.49. The number of rotatable bonds is 5. The first-order valence-electron chi connectivity index (χ1n) is 6.17. The lowest BCUT2D eigenvalue weighted by Crippen LogP contribution is -2.29. The third-order valence-electron chi connectivity index (χ3n) is 2.83. The van der Waals surface area contributed by atoms with E-state index in [1.54, 1.807) is 0 Å². The first-order valence-corrected chi connectivity index (χ1v) is 6.96. The van der Waals surface area contributed by atoms with Crippen LogP contribution in [0.4, 0.5) is 18.9 Å². The van der Waals surface area contributed by atoms with Gasteiger partial charge in [0.15, 0.2) is 0 Å². The summed E-state index contributed by atoms with van der Waals surface area (Å²) in [6, 6.07) is 3.58. The summed E-state index contributed by atoms with van der Waals surface area (Å²) in [5.74, 6) is -0.747. The maximum atomic E-state index is 12.7. The summed E-state index contributed by atoms with van der Waals surface area (Å²) in [6.07, 6.45) is -3.09. The Kier molecular flexibility index (Phi) is 6.01. The molecule has 0 fully saturated rings. The quantitative estimate of drug-likeness (QED) is 0.847. The van der Waals surface area contributed by atoms with Crippen LogP contribution in [0.1, 0.15) is 25.3 Å². The number of halogens is 4. The van der Waals surface area contributed by atoms with E-state index >= 15 is 0 Å². The van der Waals surface area contributed by atoms with Crippen molar-refractivity contribution in [2.24, 2.45) is 11.7 Å². The van der Waals surface area contributed by atoms with Gasteiger partial charge in [-0.3, -0.25) is 4.79 Å². The summed E-state index contributed by atoms with van der Waals surface area (Å²) >= 11 is 2.85. The molecular formula is C13H16BrF3N2O.